The van der Waals surface area contributed by atoms with Crippen molar-refractivity contribution >= 4 is 12.0 Å². The fraction of sp³-hybridized carbons (Fsp3) is 0.846. The van der Waals surface area contributed by atoms with Gasteiger partial charge >= 0.3 is 12.0 Å². The number of carboxylic acid groups (broad SMARTS) is 1. The molecule has 0 aliphatic carbocycles. The molecule has 0 aromatic carbocycles. The predicted molar refractivity (Wildman–Crippen MR) is 69.5 cm³/mol. The highest BCUT2D eigenvalue weighted by Crippen LogP contribution is 2.22. The second-order valence-electron chi connectivity index (χ2n) is 5.12. The fourth-order valence-electron chi connectivity index (χ4n) is 2.51. The molecule has 1 fully saturated rings. The molecule has 0 bridgehead atoms. The lowest BCUT2D eigenvalue weighted by Crippen LogP contribution is -2.51. The third-order valence-electron chi connectivity index (χ3n) is 3.52. The maximum atomic E-state index is 12.0. The lowest BCUT2D eigenvalue weighted by Gasteiger charge is -2.38. The molecular weight excluding hydrogens is 232 g/mol. The lowest BCUT2D eigenvalue weighted by molar-refractivity contribution is -0.137. The first-order valence-corrected chi connectivity index (χ1v) is 6.80. The van der Waals surface area contributed by atoms with Gasteiger partial charge < -0.3 is 15.3 Å². The summed E-state index contributed by atoms with van der Waals surface area (Å²) in [5.41, 5.74) is 0. The second-order valence-corrected chi connectivity index (χ2v) is 5.12. The summed E-state index contributed by atoms with van der Waals surface area (Å²) in [5.74, 6) is -0.778. The summed E-state index contributed by atoms with van der Waals surface area (Å²) >= 11 is 0. The zero-order chi connectivity index (χ0) is 13.5. The minimum absolute atomic E-state index is 0.00924. The van der Waals surface area contributed by atoms with Crippen molar-refractivity contribution in [1.29, 1.82) is 0 Å². The molecule has 0 saturated carbocycles. The number of urea groups is 1. The Bertz CT molecular complexity index is 284. The van der Waals surface area contributed by atoms with Crippen LogP contribution in [0.5, 0.6) is 0 Å². The highest BCUT2D eigenvalue weighted by molar-refractivity contribution is 5.75. The number of rotatable bonds is 5. The fourth-order valence-corrected chi connectivity index (χ4v) is 2.51. The number of likely N-dealkylation sites (tertiary alicyclic amines) is 1. The standard InChI is InChI=1S/C13H24N2O3/c1-10-6-5-7-11(2)15(10)13(18)14-9-4-3-8-12(16)17/h10-11H,3-9H2,1-2H3,(H,14,18)(H,16,17)/t10-,11+. The first kappa shape index (κ1) is 14.8. The van der Waals surface area contributed by atoms with Crippen molar-refractivity contribution in [2.24, 2.45) is 0 Å². The van der Waals surface area contributed by atoms with Crippen molar-refractivity contribution in [1.82, 2.24) is 10.2 Å². The average Bonchev–Trinajstić information content (AvgIpc) is 2.27. The summed E-state index contributed by atoms with van der Waals surface area (Å²) in [5, 5.41) is 11.4. The summed E-state index contributed by atoms with van der Waals surface area (Å²) in [6.07, 6.45) is 4.82. The van der Waals surface area contributed by atoms with E-state index in [4.69, 9.17) is 5.11 Å². The Labute approximate surface area is 109 Å². The number of carboxylic acids is 1. The Morgan fingerprint density at radius 2 is 1.83 bits per heavy atom. The van der Waals surface area contributed by atoms with E-state index in [1.165, 1.54) is 6.42 Å². The molecule has 2 atom stereocenters. The summed E-state index contributed by atoms with van der Waals surface area (Å²) in [6.45, 7) is 4.72. The third-order valence-corrected chi connectivity index (χ3v) is 3.52. The minimum atomic E-state index is -0.778. The van der Waals surface area contributed by atoms with Crippen molar-refractivity contribution in [2.45, 2.75) is 64.5 Å². The van der Waals surface area contributed by atoms with Crippen molar-refractivity contribution in [3.05, 3.63) is 0 Å². The SMILES string of the molecule is C[C@@H]1CCC[C@H](C)N1C(=O)NCCCCC(=O)O. The number of nitrogens with zero attached hydrogens (tertiary/aromatic N) is 1. The summed E-state index contributed by atoms with van der Waals surface area (Å²) in [6, 6.07) is 0.588. The first-order valence-electron chi connectivity index (χ1n) is 6.80. The summed E-state index contributed by atoms with van der Waals surface area (Å²) < 4.78 is 0. The molecule has 2 N–H and O–H groups in total. The van der Waals surface area contributed by atoms with Gasteiger partial charge in [-0.15, -0.1) is 0 Å². The van der Waals surface area contributed by atoms with Crippen LogP contribution in [0.1, 0.15) is 52.4 Å². The molecule has 2 amide bonds. The van der Waals surface area contributed by atoms with Crippen molar-refractivity contribution in [2.75, 3.05) is 6.54 Å². The van der Waals surface area contributed by atoms with E-state index < -0.39 is 5.97 Å². The van der Waals surface area contributed by atoms with Gasteiger partial charge in [0, 0.05) is 25.0 Å². The topological polar surface area (TPSA) is 69.6 Å². The van der Waals surface area contributed by atoms with Crippen LogP contribution in [0.25, 0.3) is 0 Å². The lowest BCUT2D eigenvalue weighted by atomic mass is 9.98. The van der Waals surface area contributed by atoms with Crippen LogP contribution in [0.2, 0.25) is 0 Å². The van der Waals surface area contributed by atoms with Crippen molar-refractivity contribution < 1.29 is 14.7 Å². The number of nitrogens with one attached hydrogen (secondary N) is 1. The van der Waals surface area contributed by atoms with Gasteiger partial charge in [0.25, 0.3) is 0 Å². The Morgan fingerprint density at radius 1 is 1.22 bits per heavy atom. The summed E-state index contributed by atoms with van der Waals surface area (Å²) in [7, 11) is 0. The van der Waals surface area contributed by atoms with Gasteiger partial charge in [0.2, 0.25) is 0 Å². The number of piperidine rings is 1. The second kappa shape index (κ2) is 7.24. The van der Waals surface area contributed by atoms with Gasteiger partial charge in [-0.2, -0.15) is 0 Å². The van der Waals surface area contributed by atoms with Crippen LogP contribution in [0.4, 0.5) is 4.79 Å². The molecule has 5 heteroatoms. The Morgan fingerprint density at radius 3 is 2.39 bits per heavy atom. The normalized spacial score (nSPS) is 23.8. The zero-order valence-electron chi connectivity index (χ0n) is 11.3. The Kier molecular flexibility index (Phi) is 5.95. The largest absolute Gasteiger partial charge is 0.481 e. The number of hydrogen-bond donors (Lipinski definition) is 2. The molecule has 5 nitrogen and oxygen atoms in total. The van der Waals surface area contributed by atoms with Gasteiger partial charge in [0.15, 0.2) is 0 Å². The van der Waals surface area contributed by atoms with Crippen LogP contribution in [0.15, 0.2) is 0 Å². The zero-order valence-corrected chi connectivity index (χ0v) is 11.3. The molecule has 1 aliphatic heterocycles. The van der Waals surface area contributed by atoms with E-state index in [1.807, 2.05) is 4.90 Å². The van der Waals surface area contributed by atoms with Crippen LogP contribution in [-0.2, 0) is 4.79 Å². The van der Waals surface area contributed by atoms with E-state index in [2.05, 4.69) is 19.2 Å². The first-order chi connectivity index (χ1) is 8.52. The molecule has 1 saturated heterocycles. The maximum absolute atomic E-state index is 12.0. The predicted octanol–water partition coefficient (Wildman–Crippen LogP) is 2.21. The van der Waals surface area contributed by atoms with Gasteiger partial charge in [0.1, 0.15) is 0 Å². The van der Waals surface area contributed by atoms with Gasteiger partial charge in [-0.05, 0) is 46.0 Å². The highest BCUT2D eigenvalue weighted by atomic mass is 16.4. The number of unbranched alkanes of at least 4 members (excludes halogenated alkanes) is 1. The Balaban J connectivity index is 2.24. The smallest absolute Gasteiger partial charge is 0.317 e. The van der Waals surface area contributed by atoms with Crippen LogP contribution >= 0.6 is 0 Å². The van der Waals surface area contributed by atoms with Crippen LogP contribution < -0.4 is 5.32 Å². The quantitative estimate of drug-likeness (QED) is 0.741. The molecule has 0 radical (unpaired) electrons. The molecule has 1 heterocycles. The molecule has 0 unspecified atom stereocenters. The molecule has 18 heavy (non-hydrogen) atoms. The van der Waals surface area contributed by atoms with Crippen molar-refractivity contribution in [3.8, 4) is 0 Å². The summed E-state index contributed by atoms with van der Waals surface area (Å²) in [4.78, 5) is 24.3. The number of aliphatic carboxylic acids is 1. The van der Waals surface area contributed by atoms with Crippen LogP contribution in [0.3, 0.4) is 0 Å². The van der Waals surface area contributed by atoms with E-state index in [1.54, 1.807) is 0 Å². The minimum Gasteiger partial charge on any atom is -0.481 e. The molecule has 1 aliphatic rings. The molecule has 1 rings (SSSR count). The number of carbonyl (C=O) groups is 2. The van der Waals surface area contributed by atoms with Crippen LogP contribution in [0, 0.1) is 0 Å². The maximum Gasteiger partial charge on any atom is 0.317 e. The number of amides is 2. The average molecular weight is 256 g/mol. The van der Waals surface area contributed by atoms with E-state index in [0.717, 1.165) is 12.8 Å². The Hall–Kier alpha value is -1.26. The van der Waals surface area contributed by atoms with E-state index in [9.17, 15) is 9.59 Å². The molecule has 104 valence electrons. The van der Waals surface area contributed by atoms with Gasteiger partial charge in [-0.25, -0.2) is 4.79 Å². The molecule has 0 aromatic rings. The van der Waals surface area contributed by atoms with E-state index in [0.29, 0.717) is 31.5 Å². The number of carbonyl (C=O) groups excluding carboxylic acids is 1. The van der Waals surface area contributed by atoms with Gasteiger partial charge in [0.05, 0.1) is 0 Å². The van der Waals surface area contributed by atoms with Crippen LogP contribution in [-0.4, -0.2) is 40.6 Å². The van der Waals surface area contributed by atoms with Gasteiger partial charge in [-0.3, -0.25) is 4.79 Å². The van der Waals surface area contributed by atoms with E-state index in [-0.39, 0.29) is 12.5 Å². The monoisotopic (exact) mass is 256 g/mol. The molecular formula is C13H24N2O3. The van der Waals surface area contributed by atoms with Gasteiger partial charge in [-0.1, -0.05) is 0 Å². The molecule has 0 spiro atoms. The van der Waals surface area contributed by atoms with E-state index >= 15 is 0 Å². The highest BCUT2D eigenvalue weighted by Gasteiger charge is 2.28. The van der Waals surface area contributed by atoms with Crippen molar-refractivity contribution in [3.63, 3.8) is 0 Å². The third kappa shape index (κ3) is 4.55. The number of hydrogen-bond acceptors (Lipinski definition) is 2. The molecule has 0 aromatic heterocycles.